The molecule has 0 aliphatic carbocycles. The Labute approximate surface area is 147 Å². The topological polar surface area (TPSA) is 79.1 Å². The third kappa shape index (κ3) is 4.60. The lowest BCUT2D eigenvalue weighted by atomic mass is 10.0. The normalized spacial score (nSPS) is 14.9. The monoisotopic (exact) mass is 377 g/mol. The number of benzene rings is 1. The van der Waals surface area contributed by atoms with Crippen LogP contribution >= 0.6 is 0 Å². The van der Waals surface area contributed by atoms with Crippen LogP contribution in [0.1, 0.15) is 32.8 Å². The van der Waals surface area contributed by atoms with Gasteiger partial charge in [0.15, 0.2) is 23.3 Å². The molecule has 0 amide bonds. The standard InChI is InChI=1S/C17H19F4NO4/c1-4-17(3,8-23)22-7-10(16(25)26-5-2)15(24)9-6-11(18)13(20)14(21)12(9)19/h6-7,23-24H,4-5,8H2,1-3H3. The number of hydrogen-bond donors (Lipinski definition) is 2. The van der Waals surface area contributed by atoms with Crippen molar-refractivity contribution in [3.63, 3.8) is 0 Å². The first kappa shape index (κ1) is 21.6. The largest absolute Gasteiger partial charge is 0.506 e. The molecule has 0 radical (unpaired) electrons. The number of nitrogens with zero attached hydrogens (tertiary/aromatic N) is 1. The Balaban J connectivity index is 3.59. The fourth-order valence-electron chi connectivity index (χ4n) is 1.77. The second-order valence-electron chi connectivity index (χ2n) is 5.60. The van der Waals surface area contributed by atoms with Gasteiger partial charge in [0, 0.05) is 6.21 Å². The van der Waals surface area contributed by atoms with Crippen LogP contribution < -0.4 is 0 Å². The number of aliphatic imine (C=N–C) groups is 1. The van der Waals surface area contributed by atoms with Crippen LogP contribution in [0.2, 0.25) is 0 Å². The number of halogens is 4. The number of esters is 1. The van der Waals surface area contributed by atoms with E-state index < -0.39 is 58.3 Å². The highest BCUT2D eigenvalue weighted by Crippen LogP contribution is 2.26. The van der Waals surface area contributed by atoms with Crippen molar-refractivity contribution in [3.8, 4) is 0 Å². The van der Waals surface area contributed by atoms with E-state index in [1.165, 1.54) is 6.92 Å². The van der Waals surface area contributed by atoms with E-state index in [2.05, 4.69) is 4.99 Å². The molecule has 0 aliphatic heterocycles. The Morgan fingerprint density at radius 3 is 2.35 bits per heavy atom. The number of carbonyl (C=O) groups is 1. The van der Waals surface area contributed by atoms with Crippen molar-refractivity contribution in [1.29, 1.82) is 0 Å². The molecule has 144 valence electrons. The average Bonchev–Trinajstić information content (AvgIpc) is 2.62. The summed E-state index contributed by atoms with van der Waals surface area (Å²) in [5.41, 5.74) is -2.79. The van der Waals surface area contributed by atoms with Gasteiger partial charge in [-0.2, -0.15) is 0 Å². The maximum absolute atomic E-state index is 13.9. The van der Waals surface area contributed by atoms with E-state index in [0.29, 0.717) is 6.42 Å². The van der Waals surface area contributed by atoms with E-state index >= 15 is 0 Å². The summed E-state index contributed by atoms with van der Waals surface area (Å²) >= 11 is 0. The van der Waals surface area contributed by atoms with Crippen LogP contribution in [0.3, 0.4) is 0 Å². The highest BCUT2D eigenvalue weighted by atomic mass is 19.2. The first-order valence-electron chi connectivity index (χ1n) is 7.71. The van der Waals surface area contributed by atoms with Gasteiger partial charge in [-0.3, -0.25) is 4.99 Å². The number of ether oxygens (including phenoxy) is 1. The number of hydrogen-bond acceptors (Lipinski definition) is 5. The van der Waals surface area contributed by atoms with Gasteiger partial charge in [-0.25, -0.2) is 22.4 Å². The SMILES string of the molecule is CCOC(=O)C(C=NC(C)(CC)CO)=C(O)c1cc(F)c(F)c(F)c1F. The molecule has 0 fully saturated rings. The van der Waals surface area contributed by atoms with Gasteiger partial charge < -0.3 is 14.9 Å². The minimum absolute atomic E-state index is 0.108. The van der Waals surface area contributed by atoms with Crippen LogP contribution in [-0.4, -0.2) is 41.1 Å². The van der Waals surface area contributed by atoms with Crippen molar-refractivity contribution in [2.45, 2.75) is 32.7 Å². The molecule has 0 spiro atoms. The average molecular weight is 377 g/mol. The van der Waals surface area contributed by atoms with E-state index in [1.807, 2.05) is 0 Å². The fourth-order valence-corrected chi connectivity index (χ4v) is 1.77. The van der Waals surface area contributed by atoms with Crippen LogP contribution in [0.25, 0.3) is 5.76 Å². The van der Waals surface area contributed by atoms with Gasteiger partial charge in [0.05, 0.1) is 24.3 Å². The number of carbonyl (C=O) groups excluding carboxylic acids is 1. The van der Waals surface area contributed by atoms with Crippen LogP contribution in [0.5, 0.6) is 0 Å². The smallest absolute Gasteiger partial charge is 0.343 e. The highest BCUT2D eigenvalue weighted by molar-refractivity contribution is 6.15. The third-order valence-corrected chi connectivity index (χ3v) is 3.72. The van der Waals surface area contributed by atoms with Crippen molar-refractivity contribution >= 4 is 17.9 Å². The van der Waals surface area contributed by atoms with Gasteiger partial charge >= 0.3 is 5.97 Å². The molecule has 1 aromatic rings. The molecule has 0 aliphatic rings. The van der Waals surface area contributed by atoms with Crippen LogP contribution in [0, 0.1) is 23.3 Å². The third-order valence-electron chi connectivity index (χ3n) is 3.72. The molecule has 0 saturated heterocycles. The summed E-state index contributed by atoms with van der Waals surface area (Å²) in [6.07, 6.45) is 1.16. The van der Waals surface area contributed by atoms with Gasteiger partial charge in [0.1, 0.15) is 11.3 Å². The molecule has 26 heavy (non-hydrogen) atoms. The molecular weight excluding hydrogens is 358 g/mol. The molecule has 9 heteroatoms. The van der Waals surface area contributed by atoms with Crippen molar-refractivity contribution < 1.29 is 37.3 Å². The van der Waals surface area contributed by atoms with Gasteiger partial charge in [-0.05, 0) is 26.3 Å². The number of rotatable bonds is 7. The minimum atomic E-state index is -2.14. The van der Waals surface area contributed by atoms with Crippen molar-refractivity contribution in [2.75, 3.05) is 13.2 Å². The molecule has 0 bridgehead atoms. The summed E-state index contributed by atoms with van der Waals surface area (Å²) < 4.78 is 58.5. The van der Waals surface area contributed by atoms with E-state index in [9.17, 15) is 32.6 Å². The molecule has 5 nitrogen and oxygen atoms in total. The molecule has 1 atom stereocenters. The van der Waals surface area contributed by atoms with E-state index in [4.69, 9.17) is 4.74 Å². The Bertz CT molecular complexity index is 743. The summed E-state index contributed by atoms with van der Waals surface area (Å²) in [6, 6.07) is 0.210. The molecular formula is C17H19F4NO4. The summed E-state index contributed by atoms with van der Waals surface area (Å²) in [6.45, 7) is 4.20. The Morgan fingerprint density at radius 2 is 1.85 bits per heavy atom. The first-order valence-corrected chi connectivity index (χ1v) is 7.71. The zero-order valence-corrected chi connectivity index (χ0v) is 14.4. The van der Waals surface area contributed by atoms with E-state index in [1.54, 1.807) is 13.8 Å². The molecule has 1 unspecified atom stereocenters. The summed E-state index contributed by atoms with van der Waals surface area (Å²) in [4.78, 5) is 16.0. The van der Waals surface area contributed by atoms with Crippen LogP contribution in [0.4, 0.5) is 17.6 Å². The summed E-state index contributed by atoms with van der Waals surface area (Å²) in [5.74, 6) is -10.1. The van der Waals surface area contributed by atoms with Crippen molar-refractivity contribution in [1.82, 2.24) is 0 Å². The quantitative estimate of drug-likeness (QED) is 0.145. The second-order valence-corrected chi connectivity index (χ2v) is 5.60. The minimum Gasteiger partial charge on any atom is -0.506 e. The molecule has 0 heterocycles. The Hall–Kier alpha value is -2.42. The summed E-state index contributed by atoms with van der Waals surface area (Å²) in [7, 11) is 0. The lowest BCUT2D eigenvalue weighted by Gasteiger charge is -2.20. The van der Waals surface area contributed by atoms with Gasteiger partial charge in [0.2, 0.25) is 0 Å². The van der Waals surface area contributed by atoms with Crippen molar-refractivity contribution in [2.24, 2.45) is 4.99 Å². The maximum atomic E-state index is 13.9. The fraction of sp³-hybridized carbons (Fsp3) is 0.412. The molecule has 1 aromatic carbocycles. The molecule has 0 saturated carbocycles. The zero-order valence-electron chi connectivity index (χ0n) is 14.4. The molecule has 0 aromatic heterocycles. The highest BCUT2D eigenvalue weighted by Gasteiger charge is 2.26. The predicted molar refractivity (Wildman–Crippen MR) is 86.7 cm³/mol. The lowest BCUT2D eigenvalue weighted by molar-refractivity contribution is -0.137. The Kier molecular flexibility index (Phi) is 7.31. The number of aliphatic hydroxyl groups is 2. The van der Waals surface area contributed by atoms with Crippen LogP contribution in [-0.2, 0) is 9.53 Å². The molecule has 1 rings (SSSR count). The van der Waals surface area contributed by atoms with E-state index in [-0.39, 0.29) is 12.7 Å². The summed E-state index contributed by atoms with van der Waals surface area (Å²) in [5, 5.41) is 19.5. The number of aliphatic hydroxyl groups excluding tert-OH is 2. The first-order chi connectivity index (χ1) is 12.1. The van der Waals surface area contributed by atoms with Gasteiger partial charge in [0.25, 0.3) is 0 Å². The zero-order chi connectivity index (χ0) is 20.1. The van der Waals surface area contributed by atoms with E-state index in [0.717, 1.165) is 6.21 Å². The van der Waals surface area contributed by atoms with Gasteiger partial charge in [-0.15, -0.1) is 0 Å². The second kappa shape index (κ2) is 8.79. The van der Waals surface area contributed by atoms with Crippen molar-refractivity contribution in [3.05, 3.63) is 40.5 Å². The van der Waals surface area contributed by atoms with Gasteiger partial charge in [-0.1, -0.05) is 6.92 Å². The molecule has 2 N–H and O–H groups in total. The predicted octanol–water partition coefficient (Wildman–Crippen LogP) is 3.31. The lowest BCUT2D eigenvalue weighted by Crippen LogP contribution is -2.26. The van der Waals surface area contributed by atoms with Crippen LogP contribution in [0.15, 0.2) is 16.6 Å². The Morgan fingerprint density at radius 1 is 1.23 bits per heavy atom. The maximum Gasteiger partial charge on any atom is 0.343 e.